The van der Waals surface area contributed by atoms with Crippen molar-refractivity contribution in [3.8, 4) is 0 Å². The number of hydrogen-bond donors (Lipinski definition) is 0. The molecular weight excluding hydrogens is 278 g/mol. The fraction of sp³-hybridized carbons (Fsp3) is 0.778. The quantitative estimate of drug-likeness (QED) is 0.687. The topological polar surface area (TPSA) is 30.9 Å². The van der Waals surface area contributed by atoms with Crippen LogP contribution in [0.15, 0.2) is 23.0 Å². The monoisotopic (exact) mass is 309 g/mol. The second-order valence-corrected chi connectivity index (χ2v) is 6.13. The van der Waals surface area contributed by atoms with E-state index in [1.54, 1.807) is 0 Å². The Labute approximate surface area is 135 Å². The highest BCUT2D eigenvalue weighted by molar-refractivity contribution is 5.49. The molecule has 1 atom stereocenters. The standard InChI is InChI=1S/C18H31NO3/c1-6-14-15(7-2)18(19(4)5,13-16(14)20-8-3)10-9-17-21-11-12-22-17/h13,17H,6-12H2,1-5H3. The number of likely N-dealkylation sites (N-methyl/N-ethyl adjacent to an activating group) is 1. The summed E-state index contributed by atoms with van der Waals surface area (Å²) in [5.74, 6) is 1.07. The second kappa shape index (κ2) is 7.62. The number of ether oxygens (including phenoxy) is 3. The maximum atomic E-state index is 5.93. The van der Waals surface area contributed by atoms with Crippen molar-refractivity contribution in [2.24, 2.45) is 0 Å². The van der Waals surface area contributed by atoms with Gasteiger partial charge in [-0.3, -0.25) is 4.90 Å². The minimum absolute atomic E-state index is 0.0513. The van der Waals surface area contributed by atoms with Crippen molar-refractivity contribution in [2.45, 2.75) is 58.3 Å². The molecular formula is C18H31NO3. The van der Waals surface area contributed by atoms with E-state index in [0.29, 0.717) is 6.61 Å². The average molecular weight is 309 g/mol. The third-order valence-corrected chi connectivity index (χ3v) is 4.81. The highest BCUT2D eigenvalue weighted by atomic mass is 16.7. The maximum absolute atomic E-state index is 5.93. The van der Waals surface area contributed by atoms with Crippen molar-refractivity contribution < 1.29 is 14.2 Å². The van der Waals surface area contributed by atoms with Crippen LogP contribution in [0.1, 0.15) is 46.5 Å². The molecule has 0 saturated carbocycles. The molecule has 0 radical (unpaired) electrons. The van der Waals surface area contributed by atoms with Crippen molar-refractivity contribution in [3.05, 3.63) is 23.0 Å². The molecule has 0 aromatic carbocycles. The van der Waals surface area contributed by atoms with Gasteiger partial charge in [0.2, 0.25) is 0 Å². The minimum Gasteiger partial charge on any atom is -0.494 e. The normalized spacial score (nSPS) is 26.2. The highest BCUT2D eigenvalue weighted by Gasteiger charge is 2.42. The zero-order valence-corrected chi connectivity index (χ0v) is 14.8. The molecule has 1 unspecified atom stereocenters. The van der Waals surface area contributed by atoms with E-state index in [1.807, 2.05) is 0 Å². The molecule has 4 heteroatoms. The van der Waals surface area contributed by atoms with Gasteiger partial charge in [0, 0.05) is 6.42 Å². The van der Waals surface area contributed by atoms with E-state index < -0.39 is 0 Å². The molecule has 0 spiro atoms. The van der Waals surface area contributed by atoms with Crippen LogP contribution in [0.3, 0.4) is 0 Å². The predicted molar refractivity (Wildman–Crippen MR) is 88.7 cm³/mol. The molecule has 1 heterocycles. The highest BCUT2D eigenvalue weighted by Crippen LogP contribution is 2.44. The molecule has 1 fully saturated rings. The van der Waals surface area contributed by atoms with Crippen molar-refractivity contribution in [3.63, 3.8) is 0 Å². The Morgan fingerprint density at radius 3 is 2.36 bits per heavy atom. The summed E-state index contributed by atoms with van der Waals surface area (Å²) in [5.41, 5.74) is 2.80. The molecule has 22 heavy (non-hydrogen) atoms. The van der Waals surface area contributed by atoms with Crippen molar-refractivity contribution >= 4 is 0 Å². The summed E-state index contributed by atoms with van der Waals surface area (Å²) < 4.78 is 17.2. The van der Waals surface area contributed by atoms with Crippen LogP contribution in [0.25, 0.3) is 0 Å². The lowest BCUT2D eigenvalue weighted by Gasteiger charge is -2.38. The van der Waals surface area contributed by atoms with E-state index in [2.05, 4.69) is 45.8 Å². The molecule has 0 bridgehead atoms. The first kappa shape index (κ1) is 17.5. The lowest BCUT2D eigenvalue weighted by Crippen LogP contribution is -2.44. The van der Waals surface area contributed by atoms with E-state index >= 15 is 0 Å². The van der Waals surface area contributed by atoms with Crippen molar-refractivity contribution in [1.29, 1.82) is 0 Å². The van der Waals surface area contributed by atoms with E-state index in [1.165, 1.54) is 11.1 Å². The smallest absolute Gasteiger partial charge is 0.157 e. The zero-order valence-electron chi connectivity index (χ0n) is 14.8. The number of allylic oxidation sites excluding steroid dienone is 1. The van der Waals surface area contributed by atoms with Crippen LogP contribution in [0, 0.1) is 0 Å². The molecule has 2 aliphatic rings. The van der Waals surface area contributed by atoms with Gasteiger partial charge in [0.15, 0.2) is 6.29 Å². The van der Waals surface area contributed by atoms with Gasteiger partial charge in [-0.05, 0) is 57.5 Å². The lowest BCUT2D eigenvalue weighted by molar-refractivity contribution is -0.0524. The van der Waals surface area contributed by atoms with Gasteiger partial charge >= 0.3 is 0 Å². The van der Waals surface area contributed by atoms with Gasteiger partial charge in [0.05, 0.1) is 25.4 Å². The second-order valence-electron chi connectivity index (χ2n) is 6.13. The molecule has 1 aliphatic carbocycles. The molecule has 0 aromatic heterocycles. The first-order valence-electron chi connectivity index (χ1n) is 8.58. The van der Waals surface area contributed by atoms with Gasteiger partial charge in [-0.1, -0.05) is 13.8 Å². The Morgan fingerprint density at radius 1 is 1.18 bits per heavy atom. The number of rotatable bonds is 8. The average Bonchev–Trinajstić information content (AvgIpc) is 3.11. The molecule has 1 aliphatic heterocycles. The summed E-state index contributed by atoms with van der Waals surface area (Å²) in [4.78, 5) is 2.32. The number of hydrogen-bond acceptors (Lipinski definition) is 4. The third-order valence-electron chi connectivity index (χ3n) is 4.81. The molecule has 0 amide bonds. The van der Waals surface area contributed by atoms with Crippen LogP contribution < -0.4 is 0 Å². The van der Waals surface area contributed by atoms with Crippen molar-refractivity contribution in [1.82, 2.24) is 4.90 Å². The molecule has 126 valence electrons. The third kappa shape index (κ3) is 3.24. The van der Waals surface area contributed by atoms with E-state index in [4.69, 9.17) is 14.2 Å². The summed E-state index contributed by atoms with van der Waals surface area (Å²) in [6, 6.07) is 0. The Balaban J connectivity index is 2.28. The van der Waals surface area contributed by atoms with Gasteiger partial charge in [-0.25, -0.2) is 0 Å². The Kier molecular flexibility index (Phi) is 6.07. The summed E-state index contributed by atoms with van der Waals surface area (Å²) in [6.45, 7) is 8.66. The maximum Gasteiger partial charge on any atom is 0.157 e. The van der Waals surface area contributed by atoms with Crippen LogP contribution in [-0.2, 0) is 14.2 Å². The van der Waals surface area contributed by atoms with Crippen molar-refractivity contribution in [2.75, 3.05) is 33.9 Å². The summed E-state index contributed by atoms with van der Waals surface area (Å²) in [6.07, 6.45) is 6.23. The fourth-order valence-electron chi connectivity index (χ4n) is 3.75. The zero-order chi connectivity index (χ0) is 16.2. The van der Waals surface area contributed by atoms with E-state index in [-0.39, 0.29) is 11.8 Å². The fourth-order valence-corrected chi connectivity index (χ4v) is 3.75. The first-order chi connectivity index (χ1) is 10.6. The molecule has 1 saturated heterocycles. The Hall–Kier alpha value is -0.840. The molecule has 0 N–H and O–H groups in total. The van der Waals surface area contributed by atoms with Crippen LogP contribution in [0.2, 0.25) is 0 Å². The predicted octanol–water partition coefficient (Wildman–Crippen LogP) is 3.49. The van der Waals surface area contributed by atoms with Gasteiger partial charge in [-0.2, -0.15) is 0 Å². The van der Waals surface area contributed by atoms with Crippen LogP contribution >= 0.6 is 0 Å². The lowest BCUT2D eigenvalue weighted by atomic mass is 9.83. The van der Waals surface area contributed by atoms with E-state index in [9.17, 15) is 0 Å². The molecule has 4 nitrogen and oxygen atoms in total. The Bertz CT molecular complexity index is 436. The largest absolute Gasteiger partial charge is 0.494 e. The summed E-state index contributed by atoms with van der Waals surface area (Å²) in [5, 5.41) is 0. The first-order valence-corrected chi connectivity index (χ1v) is 8.58. The van der Waals surface area contributed by atoms with E-state index in [0.717, 1.165) is 44.7 Å². The van der Waals surface area contributed by atoms with Gasteiger partial charge in [0.25, 0.3) is 0 Å². The molecule has 2 rings (SSSR count). The number of nitrogens with zero attached hydrogens (tertiary/aromatic N) is 1. The summed E-state index contributed by atoms with van der Waals surface area (Å²) in [7, 11) is 4.31. The van der Waals surface area contributed by atoms with Gasteiger partial charge in [-0.15, -0.1) is 0 Å². The van der Waals surface area contributed by atoms with Crippen LogP contribution in [0.5, 0.6) is 0 Å². The molecule has 0 aromatic rings. The van der Waals surface area contributed by atoms with Crippen LogP contribution in [0.4, 0.5) is 0 Å². The Morgan fingerprint density at radius 2 is 1.86 bits per heavy atom. The van der Waals surface area contributed by atoms with Crippen LogP contribution in [-0.4, -0.2) is 50.6 Å². The SMILES string of the molecule is CCOC1=CC(CCC2OCCO2)(N(C)C)C(CC)=C1CC. The van der Waals surface area contributed by atoms with Gasteiger partial charge < -0.3 is 14.2 Å². The minimum atomic E-state index is -0.0695. The summed E-state index contributed by atoms with van der Waals surface area (Å²) >= 11 is 0. The van der Waals surface area contributed by atoms with Gasteiger partial charge in [0.1, 0.15) is 5.76 Å².